The summed E-state index contributed by atoms with van der Waals surface area (Å²) in [6.45, 7) is 2.14. The number of hydrogen-bond donors (Lipinski definition) is 3. The maximum atomic E-state index is 12.0. The monoisotopic (exact) mass is 500 g/mol. The normalized spacial score (nSPS) is 22.7. The molecule has 1 heterocycles. The zero-order valence-electron chi connectivity index (χ0n) is 22.6. The second-order valence-electron chi connectivity index (χ2n) is 10.6. The maximum Gasteiger partial charge on any atom is 0.306 e. The van der Waals surface area contributed by atoms with E-state index >= 15 is 0 Å². The Morgan fingerprint density at radius 1 is 0.629 bits per heavy atom. The highest BCUT2D eigenvalue weighted by Gasteiger charge is 2.38. The van der Waals surface area contributed by atoms with Crippen molar-refractivity contribution >= 4 is 5.97 Å². The van der Waals surface area contributed by atoms with Gasteiger partial charge in [-0.05, 0) is 6.42 Å². The molecule has 35 heavy (non-hydrogen) atoms. The number of unbranched alkanes of at least 4 members (excludes halogenated alkanes) is 19. The molecule has 0 aromatic heterocycles. The lowest BCUT2D eigenvalue weighted by molar-refractivity contribution is -0.169. The van der Waals surface area contributed by atoms with Crippen LogP contribution in [0, 0.1) is 0 Å². The van der Waals surface area contributed by atoms with Crippen LogP contribution in [0.5, 0.6) is 0 Å². The van der Waals surface area contributed by atoms with Crippen LogP contribution >= 0.6 is 0 Å². The molecule has 0 saturated carbocycles. The Hall–Kier alpha value is -0.690. The Balaban J connectivity index is 1.82. The van der Waals surface area contributed by atoms with Gasteiger partial charge in [0.1, 0.15) is 18.3 Å². The highest BCUT2D eigenvalue weighted by molar-refractivity contribution is 5.69. The molecule has 1 rings (SSSR count). The average Bonchev–Trinajstić information content (AvgIpc) is 2.96. The molecule has 4 atom stereocenters. The van der Waals surface area contributed by atoms with E-state index in [0.717, 1.165) is 19.3 Å². The van der Waals surface area contributed by atoms with Crippen molar-refractivity contribution in [2.45, 2.75) is 166 Å². The Bertz CT molecular complexity index is 486. The summed E-state index contributed by atoms with van der Waals surface area (Å²) in [4.78, 5) is 12.0. The highest BCUT2D eigenvalue weighted by Crippen LogP contribution is 2.17. The van der Waals surface area contributed by atoms with Crippen LogP contribution in [0.25, 0.3) is 0 Å². The summed E-state index contributed by atoms with van der Waals surface area (Å²) in [6, 6.07) is 0. The van der Waals surface area contributed by atoms with Gasteiger partial charge >= 0.3 is 5.97 Å². The first-order chi connectivity index (χ1) is 17.1. The van der Waals surface area contributed by atoms with Crippen LogP contribution in [0.4, 0.5) is 0 Å². The van der Waals surface area contributed by atoms with Gasteiger partial charge in [0.25, 0.3) is 0 Å². The number of carbonyl (C=O) groups is 1. The summed E-state index contributed by atoms with van der Waals surface area (Å²) in [5.74, 6) is -0.440. The Kier molecular flexibility index (Phi) is 20.8. The first kappa shape index (κ1) is 32.3. The minimum Gasteiger partial charge on any atom is -0.457 e. The van der Waals surface area contributed by atoms with Gasteiger partial charge in [-0.25, -0.2) is 0 Å². The van der Waals surface area contributed by atoms with E-state index in [1.165, 1.54) is 109 Å². The third-order valence-electron chi connectivity index (χ3n) is 7.19. The molecule has 0 unspecified atom stereocenters. The van der Waals surface area contributed by atoms with Crippen LogP contribution in [0.2, 0.25) is 0 Å². The van der Waals surface area contributed by atoms with Crippen molar-refractivity contribution in [3.8, 4) is 0 Å². The Morgan fingerprint density at radius 3 is 1.43 bits per heavy atom. The molecular formula is C29H56O6. The lowest BCUT2D eigenvalue weighted by Gasteiger charge is -2.26. The number of aliphatic hydroxyl groups excluding tert-OH is 3. The minimum atomic E-state index is -1.33. The number of carbonyl (C=O) groups excluding carboxylic acids is 1. The van der Waals surface area contributed by atoms with Crippen molar-refractivity contribution in [1.29, 1.82) is 0 Å². The molecule has 6 nitrogen and oxygen atoms in total. The van der Waals surface area contributed by atoms with E-state index in [4.69, 9.17) is 9.47 Å². The van der Waals surface area contributed by atoms with E-state index in [1.807, 2.05) is 0 Å². The van der Waals surface area contributed by atoms with E-state index in [2.05, 4.69) is 6.92 Å². The summed E-state index contributed by atoms with van der Waals surface area (Å²) in [6.07, 6.45) is 21.8. The molecule has 3 N–H and O–H groups in total. The van der Waals surface area contributed by atoms with Gasteiger partial charge in [-0.2, -0.15) is 0 Å². The maximum absolute atomic E-state index is 12.0. The van der Waals surface area contributed by atoms with Crippen LogP contribution in [0.15, 0.2) is 0 Å². The van der Waals surface area contributed by atoms with Crippen molar-refractivity contribution in [2.75, 3.05) is 13.2 Å². The molecule has 0 amide bonds. The summed E-state index contributed by atoms with van der Waals surface area (Å²) < 4.78 is 10.3. The zero-order chi connectivity index (χ0) is 25.6. The molecule has 0 aliphatic carbocycles. The van der Waals surface area contributed by atoms with E-state index in [9.17, 15) is 20.1 Å². The zero-order valence-corrected chi connectivity index (χ0v) is 22.6. The first-order valence-corrected chi connectivity index (χ1v) is 14.9. The fourth-order valence-corrected chi connectivity index (χ4v) is 4.83. The molecule has 0 aromatic rings. The van der Waals surface area contributed by atoms with Crippen molar-refractivity contribution < 1.29 is 29.6 Å². The lowest BCUT2D eigenvalue weighted by atomic mass is 10.0. The standard InChI is InChI=1S/C29H56O6/c1-2-3-4-5-6-7-8-9-10-11-12-13-14-15-16-17-18-19-20-21-22-27(32)35-29-26(31)24-34-23-25(30)28(29)33/h25-26,28-31,33H,2-24H2,1H3/t25-,26-,28-,29-/m1/s1. The molecule has 208 valence electrons. The second kappa shape index (κ2) is 22.5. The highest BCUT2D eigenvalue weighted by atomic mass is 16.6. The van der Waals surface area contributed by atoms with Crippen LogP contribution in [0.1, 0.15) is 142 Å². The molecule has 1 aliphatic heterocycles. The van der Waals surface area contributed by atoms with Crippen molar-refractivity contribution in [3.05, 3.63) is 0 Å². The summed E-state index contributed by atoms with van der Waals surface area (Å²) >= 11 is 0. The fraction of sp³-hybridized carbons (Fsp3) is 0.966. The molecular weight excluding hydrogens is 444 g/mol. The average molecular weight is 501 g/mol. The number of ether oxygens (including phenoxy) is 2. The van der Waals surface area contributed by atoms with Crippen LogP contribution in [0.3, 0.4) is 0 Å². The van der Waals surface area contributed by atoms with Crippen molar-refractivity contribution in [3.63, 3.8) is 0 Å². The SMILES string of the molecule is CCCCCCCCCCCCCCCCCCCCCCC(=O)O[C@H]1[C@H](O)[C@H](O)COC[C@H]1O. The lowest BCUT2D eigenvalue weighted by Crippen LogP contribution is -2.46. The van der Waals surface area contributed by atoms with Crippen molar-refractivity contribution in [1.82, 2.24) is 0 Å². The molecule has 0 radical (unpaired) electrons. The molecule has 1 saturated heterocycles. The van der Waals surface area contributed by atoms with Gasteiger partial charge in [-0.1, -0.05) is 129 Å². The predicted octanol–water partition coefficient (Wildman–Crippen LogP) is 6.22. The van der Waals surface area contributed by atoms with Gasteiger partial charge < -0.3 is 24.8 Å². The molecule has 1 fully saturated rings. The Morgan fingerprint density at radius 2 is 1.00 bits per heavy atom. The smallest absolute Gasteiger partial charge is 0.306 e. The van der Waals surface area contributed by atoms with Gasteiger partial charge in [-0.3, -0.25) is 4.79 Å². The molecule has 1 aliphatic rings. The third-order valence-corrected chi connectivity index (χ3v) is 7.19. The van der Waals surface area contributed by atoms with Crippen LogP contribution in [-0.2, 0) is 14.3 Å². The van der Waals surface area contributed by atoms with Crippen LogP contribution in [-0.4, -0.2) is 58.9 Å². The Labute approximate surface area is 215 Å². The second-order valence-corrected chi connectivity index (χ2v) is 10.6. The van der Waals surface area contributed by atoms with Gasteiger partial charge in [0.15, 0.2) is 6.10 Å². The molecule has 0 aromatic carbocycles. The minimum absolute atomic E-state index is 0.0641. The summed E-state index contributed by atoms with van der Waals surface area (Å²) in [5, 5.41) is 29.7. The molecule has 0 bridgehead atoms. The quantitative estimate of drug-likeness (QED) is 0.121. The number of rotatable bonds is 22. The van der Waals surface area contributed by atoms with E-state index < -0.39 is 30.4 Å². The first-order valence-electron chi connectivity index (χ1n) is 14.9. The number of hydrogen-bond acceptors (Lipinski definition) is 6. The summed E-state index contributed by atoms with van der Waals surface area (Å²) in [5.41, 5.74) is 0. The van der Waals surface area contributed by atoms with Gasteiger partial charge in [0.05, 0.1) is 13.2 Å². The number of esters is 1. The molecule has 6 heteroatoms. The third kappa shape index (κ3) is 17.4. The molecule has 0 spiro atoms. The van der Waals surface area contributed by atoms with E-state index in [-0.39, 0.29) is 19.6 Å². The van der Waals surface area contributed by atoms with E-state index in [0.29, 0.717) is 0 Å². The van der Waals surface area contributed by atoms with Gasteiger partial charge in [0, 0.05) is 6.42 Å². The van der Waals surface area contributed by atoms with Gasteiger partial charge in [-0.15, -0.1) is 0 Å². The number of aliphatic hydroxyl groups is 3. The topological polar surface area (TPSA) is 96.2 Å². The predicted molar refractivity (Wildman–Crippen MR) is 141 cm³/mol. The van der Waals surface area contributed by atoms with Crippen LogP contribution < -0.4 is 0 Å². The summed E-state index contributed by atoms with van der Waals surface area (Å²) in [7, 11) is 0. The fourth-order valence-electron chi connectivity index (χ4n) is 4.83. The van der Waals surface area contributed by atoms with E-state index in [1.54, 1.807) is 0 Å². The largest absolute Gasteiger partial charge is 0.457 e. The van der Waals surface area contributed by atoms with Crippen molar-refractivity contribution in [2.24, 2.45) is 0 Å². The van der Waals surface area contributed by atoms with Gasteiger partial charge in [0.2, 0.25) is 0 Å².